The molecule has 1 saturated heterocycles. The molecule has 2 aromatic carbocycles. The highest BCUT2D eigenvalue weighted by Gasteiger charge is 2.51. The smallest absolute Gasteiger partial charge is 0.338 e. The van der Waals surface area contributed by atoms with Crippen LogP contribution in [0.2, 0.25) is 0 Å². The standard InChI is InChI=1S/C21H21N3O8S/c1-13-16(32-33(2,27)28)17(30-20(25)14-9-5-3-6-10-14)18(19(29-13)23-24-22)31-21(26)15-11-7-4-8-12-15/h3-13,16-19H,1-2H3/t13-,16+,17+,18-,19-/m0/s1. The summed E-state index contributed by atoms with van der Waals surface area (Å²) in [5, 5.41) is 3.51. The van der Waals surface area contributed by atoms with Crippen molar-refractivity contribution in [3.63, 3.8) is 0 Å². The fourth-order valence-corrected chi connectivity index (χ4v) is 3.93. The molecule has 0 amide bonds. The van der Waals surface area contributed by atoms with E-state index in [4.69, 9.17) is 23.9 Å². The lowest BCUT2D eigenvalue weighted by atomic mass is 9.98. The molecule has 1 aliphatic rings. The van der Waals surface area contributed by atoms with Gasteiger partial charge in [-0.25, -0.2) is 9.59 Å². The summed E-state index contributed by atoms with van der Waals surface area (Å²) in [6.07, 6.45) is -5.95. The summed E-state index contributed by atoms with van der Waals surface area (Å²) < 4.78 is 45.6. The van der Waals surface area contributed by atoms with E-state index in [1.165, 1.54) is 31.2 Å². The molecule has 11 nitrogen and oxygen atoms in total. The number of benzene rings is 2. The van der Waals surface area contributed by atoms with Gasteiger partial charge in [-0.15, -0.1) is 0 Å². The van der Waals surface area contributed by atoms with Crippen LogP contribution in [0.3, 0.4) is 0 Å². The molecule has 0 bridgehead atoms. The maximum atomic E-state index is 12.8. The molecule has 0 radical (unpaired) electrons. The molecule has 0 unspecified atom stereocenters. The Hall–Kier alpha value is -3.44. The maximum Gasteiger partial charge on any atom is 0.338 e. The molecule has 0 aliphatic carbocycles. The first-order valence-corrected chi connectivity index (χ1v) is 11.6. The van der Waals surface area contributed by atoms with Gasteiger partial charge in [0.25, 0.3) is 10.1 Å². The molecule has 1 heterocycles. The van der Waals surface area contributed by atoms with Crippen molar-refractivity contribution in [2.24, 2.45) is 5.11 Å². The molecule has 0 spiro atoms. The van der Waals surface area contributed by atoms with Crippen molar-refractivity contribution in [3.8, 4) is 0 Å². The SMILES string of the molecule is C[C@@H]1O[C@H](N=[N+]=[N-])[C@@H](OC(=O)c2ccccc2)[C@H](OC(=O)c2ccccc2)[C@@H]1OS(C)(=O)=O. The molecule has 12 heteroatoms. The summed E-state index contributed by atoms with van der Waals surface area (Å²) in [5.41, 5.74) is 9.32. The van der Waals surface area contributed by atoms with Crippen molar-refractivity contribution in [1.29, 1.82) is 0 Å². The molecular weight excluding hydrogens is 454 g/mol. The van der Waals surface area contributed by atoms with Gasteiger partial charge >= 0.3 is 11.9 Å². The fourth-order valence-electron chi connectivity index (χ4n) is 3.26. The molecule has 33 heavy (non-hydrogen) atoms. The number of hydrogen-bond acceptors (Lipinski definition) is 9. The predicted molar refractivity (Wildman–Crippen MR) is 114 cm³/mol. The number of carbonyl (C=O) groups is 2. The molecule has 2 aromatic rings. The van der Waals surface area contributed by atoms with Gasteiger partial charge in [-0.3, -0.25) is 4.18 Å². The predicted octanol–water partition coefficient (Wildman–Crippen LogP) is 2.84. The third-order valence-electron chi connectivity index (χ3n) is 4.70. The number of esters is 2. The monoisotopic (exact) mass is 475 g/mol. The minimum atomic E-state index is -4.04. The zero-order valence-electron chi connectivity index (χ0n) is 17.7. The Morgan fingerprint density at radius 1 is 0.909 bits per heavy atom. The molecule has 0 saturated carbocycles. The van der Waals surface area contributed by atoms with E-state index in [0.717, 1.165) is 6.26 Å². The minimum absolute atomic E-state index is 0.170. The fraction of sp³-hybridized carbons (Fsp3) is 0.333. The second-order valence-electron chi connectivity index (χ2n) is 7.17. The Labute approximate surface area is 190 Å². The molecule has 174 valence electrons. The van der Waals surface area contributed by atoms with Crippen molar-refractivity contribution in [2.45, 2.75) is 37.6 Å². The quantitative estimate of drug-likeness (QED) is 0.195. The summed E-state index contributed by atoms with van der Waals surface area (Å²) >= 11 is 0. The van der Waals surface area contributed by atoms with E-state index in [0.29, 0.717) is 0 Å². The first-order chi connectivity index (χ1) is 15.7. The van der Waals surface area contributed by atoms with Gasteiger partial charge < -0.3 is 14.2 Å². The van der Waals surface area contributed by atoms with Gasteiger partial charge in [-0.1, -0.05) is 41.5 Å². The molecule has 1 aliphatic heterocycles. The maximum absolute atomic E-state index is 12.8. The number of carbonyl (C=O) groups excluding carboxylic acids is 2. The van der Waals surface area contributed by atoms with Crippen LogP contribution in [0.1, 0.15) is 27.6 Å². The minimum Gasteiger partial charge on any atom is -0.452 e. The van der Waals surface area contributed by atoms with Gasteiger partial charge in [0.1, 0.15) is 6.10 Å². The van der Waals surface area contributed by atoms with Crippen LogP contribution in [0.5, 0.6) is 0 Å². The van der Waals surface area contributed by atoms with Gasteiger partial charge in [-0.2, -0.15) is 8.42 Å². The zero-order valence-corrected chi connectivity index (χ0v) is 18.5. The van der Waals surface area contributed by atoms with Gasteiger partial charge in [0, 0.05) is 4.91 Å². The van der Waals surface area contributed by atoms with Crippen molar-refractivity contribution in [1.82, 2.24) is 0 Å². The summed E-state index contributed by atoms with van der Waals surface area (Å²) in [4.78, 5) is 28.2. The van der Waals surface area contributed by atoms with E-state index < -0.39 is 52.7 Å². The summed E-state index contributed by atoms with van der Waals surface area (Å²) in [6, 6.07) is 15.8. The first-order valence-electron chi connectivity index (χ1n) is 9.79. The highest BCUT2D eigenvalue weighted by atomic mass is 32.2. The van der Waals surface area contributed by atoms with E-state index >= 15 is 0 Å². The Morgan fingerprint density at radius 2 is 1.39 bits per heavy atom. The van der Waals surface area contributed by atoms with Crippen LogP contribution < -0.4 is 0 Å². The Balaban J connectivity index is 2.00. The molecule has 5 atom stereocenters. The largest absolute Gasteiger partial charge is 0.452 e. The van der Waals surface area contributed by atoms with Crippen molar-refractivity contribution in [3.05, 3.63) is 82.2 Å². The average molecular weight is 475 g/mol. The lowest BCUT2D eigenvalue weighted by Gasteiger charge is -2.42. The topological polar surface area (TPSA) is 154 Å². The van der Waals surface area contributed by atoms with E-state index in [2.05, 4.69) is 10.0 Å². The molecule has 0 N–H and O–H groups in total. The van der Waals surface area contributed by atoms with E-state index in [9.17, 15) is 18.0 Å². The zero-order chi connectivity index (χ0) is 24.0. The third-order valence-corrected chi connectivity index (χ3v) is 5.27. The Morgan fingerprint density at radius 3 is 1.85 bits per heavy atom. The number of nitrogens with zero attached hydrogens (tertiary/aromatic N) is 3. The first kappa shape index (κ1) is 24.2. The van der Waals surface area contributed by atoms with Crippen LogP contribution in [-0.2, 0) is 28.5 Å². The second kappa shape index (κ2) is 10.5. The van der Waals surface area contributed by atoms with Crippen LogP contribution in [0.4, 0.5) is 0 Å². The van der Waals surface area contributed by atoms with E-state index in [-0.39, 0.29) is 11.1 Å². The van der Waals surface area contributed by atoms with Gasteiger partial charge in [0.2, 0.25) is 0 Å². The number of azide groups is 1. The third kappa shape index (κ3) is 6.30. The molecular formula is C21H21N3O8S. The van der Waals surface area contributed by atoms with Crippen molar-refractivity contribution >= 4 is 22.1 Å². The van der Waals surface area contributed by atoms with Gasteiger partial charge in [0.05, 0.1) is 23.5 Å². The van der Waals surface area contributed by atoms with Crippen LogP contribution in [0.25, 0.3) is 10.4 Å². The average Bonchev–Trinajstić information content (AvgIpc) is 2.79. The van der Waals surface area contributed by atoms with Crippen molar-refractivity contribution < 1.29 is 36.4 Å². The van der Waals surface area contributed by atoms with Crippen LogP contribution in [-0.4, -0.2) is 57.3 Å². The number of hydrogen-bond donors (Lipinski definition) is 0. The molecule has 3 rings (SSSR count). The second-order valence-corrected chi connectivity index (χ2v) is 8.77. The highest BCUT2D eigenvalue weighted by Crippen LogP contribution is 2.31. The number of rotatable bonds is 7. The normalized spacial score (nSPS) is 24.8. The van der Waals surface area contributed by atoms with Gasteiger partial charge in [-0.05, 0) is 36.7 Å². The van der Waals surface area contributed by atoms with Crippen LogP contribution in [0.15, 0.2) is 65.8 Å². The highest BCUT2D eigenvalue weighted by molar-refractivity contribution is 7.86. The Kier molecular flexibility index (Phi) is 7.67. The van der Waals surface area contributed by atoms with Crippen molar-refractivity contribution in [2.75, 3.05) is 6.26 Å². The van der Waals surface area contributed by atoms with Crippen LogP contribution in [0, 0.1) is 0 Å². The lowest BCUT2D eigenvalue weighted by Crippen LogP contribution is -2.60. The van der Waals surface area contributed by atoms with Gasteiger partial charge in [0.15, 0.2) is 18.4 Å². The number of ether oxygens (including phenoxy) is 3. The summed E-state index contributed by atoms with van der Waals surface area (Å²) in [7, 11) is -4.04. The molecule has 1 fully saturated rings. The lowest BCUT2D eigenvalue weighted by molar-refractivity contribution is -0.207. The van der Waals surface area contributed by atoms with Crippen LogP contribution >= 0.6 is 0 Å². The van der Waals surface area contributed by atoms with E-state index in [1.54, 1.807) is 36.4 Å². The Bertz CT molecular complexity index is 1140. The summed E-state index contributed by atoms with van der Waals surface area (Å²) in [5.74, 6) is -1.65. The summed E-state index contributed by atoms with van der Waals surface area (Å²) in [6.45, 7) is 1.45. The molecule has 0 aromatic heterocycles. The van der Waals surface area contributed by atoms with E-state index in [1.807, 2.05) is 0 Å².